The molecular formula is C21H21FN8O3. The van der Waals surface area contributed by atoms with E-state index in [2.05, 4.69) is 30.6 Å². The lowest BCUT2D eigenvalue weighted by molar-refractivity contribution is -0.125. The minimum atomic E-state index is -0.715. The predicted octanol–water partition coefficient (Wildman–Crippen LogP) is 1.11. The van der Waals surface area contributed by atoms with E-state index in [1.807, 2.05) is 4.90 Å². The van der Waals surface area contributed by atoms with Gasteiger partial charge in [-0.15, -0.1) is 0 Å². The molecule has 1 aromatic carbocycles. The zero-order valence-corrected chi connectivity index (χ0v) is 17.9. The summed E-state index contributed by atoms with van der Waals surface area (Å²) >= 11 is 0. The van der Waals surface area contributed by atoms with Crippen molar-refractivity contribution in [3.05, 3.63) is 48.2 Å². The van der Waals surface area contributed by atoms with Crippen LogP contribution in [-0.4, -0.2) is 59.0 Å². The molecule has 4 rings (SSSR count). The van der Waals surface area contributed by atoms with Crippen LogP contribution in [0.2, 0.25) is 0 Å². The van der Waals surface area contributed by atoms with E-state index in [-0.39, 0.29) is 29.0 Å². The van der Waals surface area contributed by atoms with E-state index in [4.69, 9.17) is 10.5 Å². The molecule has 0 radical (unpaired) electrons. The third-order valence-electron chi connectivity index (χ3n) is 5.16. The summed E-state index contributed by atoms with van der Waals surface area (Å²) in [7, 11) is 3.05. The minimum Gasteiger partial charge on any atom is -0.494 e. The number of benzene rings is 1. The Labute approximate surface area is 188 Å². The van der Waals surface area contributed by atoms with Crippen LogP contribution in [0.25, 0.3) is 11.4 Å². The minimum absolute atomic E-state index is 0.0529. The van der Waals surface area contributed by atoms with Gasteiger partial charge in [0.25, 0.3) is 5.91 Å². The zero-order valence-electron chi connectivity index (χ0n) is 17.9. The summed E-state index contributed by atoms with van der Waals surface area (Å²) in [6, 6.07) is 5.16. The molecule has 11 nitrogen and oxygen atoms in total. The van der Waals surface area contributed by atoms with E-state index in [0.717, 1.165) is 12.4 Å². The van der Waals surface area contributed by atoms with Crippen molar-refractivity contribution in [2.45, 2.75) is 0 Å². The highest BCUT2D eigenvalue weighted by atomic mass is 19.1. The van der Waals surface area contributed by atoms with Gasteiger partial charge in [0.05, 0.1) is 36.7 Å². The van der Waals surface area contributed by atoms with Gasteiger partial charge in [0, 0.05) is 26.3 Å². The van der Waals surface area contributed by atoms with Crippen LogP contribution >= 0.6 is 0 Å². The van der Waals surface area contributed by atoms with E-state index >= 15 is 0 Å². The second kappa shape index (κ2) is 9.02. The average Bonchev–Trinajstić information content (AvgIpc) is 2.78. The topological polar surface area (TPSA) is 148 Å². The second-order valence-corrected chi connectivity index (χ2v) is 7.25. The molecule has 0 saturated carbocycles. The number of amides is 2. The highest BCUT2D eigenvalue weighted by molar-refractivity contribution is 5.98. The maximum absolute atomic E-state index is 13.2. The van der Waals surface area contributed by atoms with Gasteiger partial charge in [0.15, 0.2) is 17.4 Å². The van der Waals surface area contributed by atoms with Gasteiger partial charge < -0.3 is 26.0 Å². The van der Waals surface area contributed by atoms with Crippen molar-refractivity contribution in [1.82, 2.24) is 25.3 Å². The van der Waals surface area contributed by atoms with Gasteiger partial charge in [-0.25, -0.2) is 19.3 Å². The number of methoxy groups -OCH3 is 1. The molecule has 3 aromatic rings. The fourth-order valence-corrected chi connectivity index (χ4v) is 3.42. The number of hydrogen-bond donors (Lipinski definition) is 3. The number of para-hydroxylation sites is 1. The van der Waals surface area contributed by atoms with Gasteiger partial charge in [-0.05, 0) is 12.1 Å². The first kappa shape index (κ1) is 21.9. The van der Waals surface area contributed by atoms with E-state index in [9.17, 15) is 14.0 Å². The molecule has 0 aliphatic carbocycles. The van der Waals surface area contributed by atoms with Crippen molar-refractivity contribution in [1.29, 1.82) is 0 Å². The zero-order chi connectivity index (χ0) is 23.5. The molecule has 0 bridgehead atoms. The van der Waals surface area contributed by atoms with Gasteiger partial charge in [-0.1, -0.05) is 6.07 Å². The summed E-state index contributed by atoms with van der Waals surface area (Å²) < 4.78 is 18.8. The second-order valence-electron chi connectivity index (χ2n) is 7.25. The predicted molar refractivity (Wildman–Crippen MR) is 118 cm³/mol. The van der Waals surface area contributed by atoms with Crippen LogP contribution < -0.4 is 26.0 Å². The molecule has 0 atom stereocenters. The summed E-state index contributed by atoms with van der Waals surface area (Å²) in [4.78, 5) is 42.2. The molecule has 1 aliphatic heterocycles. The monoisotopic (exact) mass is 452 g/mol. The Kier molecular flexibility index (Phi) is 5.98. The fourth-order valence-electron chi connectivity index (χ4n) is 3.42. The molecule has 170 valence electrons. The molecular weight excluding hydrogens is 431 g/mol. The number of rotatable bonds is 7. The average molecular weight is 452 g/mol. The third-order valence-corrected chi connectivity index (χ3v) is 5.16. The summed E-state index contributed by atoms with van der Waals surface area (Å²) in [5.74, 6) is -0.337. The molecule has 12 heteroatoms. The van der Waals surface area contributed by atoms with Crippen molar-refractivity contribution >= 4 is 29.3 Å². The van der Waals surface area contributed by atoms with Crippen LogP contribution in [0, 0.1) is 11.7 Å². The van der Waals surface area contributed by atoms with Gasteiger partial charge >= 0.3 is 0 Å². The number of hydrogen-bond acceptors (Lipinski definition) is 9. The quantitative estimate of drug-likeness (QED) is 0.479. The lowest BCUT2D eigenvalue weighted by Gasteiger charge is -2.38. The molecule has 33 heavy (non-hydrogen) atoms. The van der Waals surface area contributed by atoms with E-state index in [0.29, 0.717) is 36.0 Å². The molecule has 1 fully saturated rings. The van der Waals surface area contributed by atoms with Crippen LogP contribution in [0.1, 0.15) is 10.4 Å². The van der Waals surface area contributed by atoms with Gasteiger partial charge in [0.2, 0.25) is 11.9 Å². The first-order valence-electron chi connectivity index (χ1n) is 9.96. The first-order chi connectivity index (χ1) is 15.9. The Morgan fingerprint density at radius 3 is 2.55 bits per heavy atom. The number of carbonyl (C=O) groups excluding carboxylic acids is 2. The van der Waals surface area contributed by atoms with Crippen LogP contribution in [-0.2, 0) is 4.79 Å². The maximum Gasteiger partial charge on any atom is 0.254 e. The molecule has 2 aromatic heterocycles. The lowest BCUT2D eigenvalue weighted by Crippen LogP contribution is -2.53. The number of carbonyl (C=O) groups is 2. The number of nitrogens with zero attached hydrogens (tertiary/aromatic N) is 5. The van der Waals surface area contributed by atoms with E-state index in [1.54, 1.807) is 25.2 Å². The smallest absolute Gasteiger partial charge is 0.254 e. The maximum atomic E-state index is 13.2. The highest BCUT2D eigenvalue weighted by Crippen LogP contribution is 2.37. The largest absolute Gasteiger partial charge is 0.494 e. The Hall–Kier alpha value is -4.35. The molecule has 3 heterocycles. The number of nitrogens with two attached hydrogens (primary N) is 1. The Bertz CT molecular complexity index is 1200. The number of ether oxygens (including phenoxy) is 1. The van der Waals surface area contributed by atoms with Gasteiger partial charge in [-0.2, -0.15) is 4.98 Å². The lowest BCUT2D eigenvalue weighted by atomic mass is 10.00. The van der Waals surface area contributed by atoms with Gasteiger partial charge in [0.1, 0.15) is 11.4 Å². The van der Waals surface area contributed by atoms with Crippen LogP contribution in [0.15, 0.2) is 36.8 Å². The first-order valence-corrected chi connectivity index (χ1v) is 9.96. The van der Waals surface area contributed by atoms with Crippen molar-refractivity contribution in [3.63, 3.8) is 0 Å². The molecule has 0 unspecified atom stereocenters. The third kappa shape index (κ3) is 4.35. The summed E-state index contributed by atoms with van der Waals surface area (Å²) in [6.45, 7) is 0.908. The van der Waals surface area contributed by atoms with Gasteiger partial charge in [-0.3, -0.25) is 9.59 Å². The van der Waals surface area contributed by atoms with Crippen molar-refractivity contribution in [3.8, 4) is 17.1 Å². The van der Waals surface area contributed by atoms with Crippen molar-refractivity contribution < 1.29 is 18.7 Å². The van der Waals surface area contributed by atoms with E-state index < -0.39 is 11.7 Å². The summed E-state index contributed by atoms with van der Waals surface area (Å²) in [5.41, 5.74) is 6.56. The Morgan fingerprint density at radius 1 is 1.18 bits per heavy atom. The SMILES string of the molecule is CNC(=O)C1CN(c2ncc(C(N)=O)c(Nc3cccc(-c4ncc(F)cn4)c3OC)n2)C1. The molecule has 1 saturated heterocycles. The molecule has 4 N–H and O–H groups in total. The van der Waals surface area contributed by atoms with Crippen LogP contribution in [0.4, 0.5) is 21.8 Å². The van der Waals surface area contributed by atoms with Crippen molar-refractivity contribution in [2.24, 2.45) is 11.7 Å². The highest BCUT2D eigenvalue weighted by Gasteiger charge is 2.34. The molecule has 2 amide bonds. The van der Waals surface area contributed by atoms with Crippen LogP contribution in [0.3, 0.4) is 0 Å². The molecule has 0 spiro atoms. The van der Waals surface area contributed by atoms with E-state index in [1.165, 1.54) is 13.3 Å². The fraction of sp³-hybridized carbons (Fsp3) is 0.238. The number of primary amides is 1. The Morgan fingerprint density at radius 2 is 1.91 bits per heavy atom. The summed E-state index contributed by atoms with van der Waals surface area (Å²) in [6.07, 6.45) is 3.45. The summed E-state index contributed by atoms with van der Waals surface area (Å²) in [5, 5.41) is 5.69. The van der Waals surface area contributed by atoms with Crippen LogP contribution in [0.5, 0.6) is 5.75 Å². The molecule has 1 aliphatic rings. The number of nitrogens with one attached hydrogen (secondary N) is 2. The Balaban J connectivity index is 1.67. The van der Waals surface area contributed by atoms with Crippen molar-refractivity contribution in [2.75, 3.05) is 37.5 Å². The standard InChI is InChI=1S/C21H21FN8O3/c1-24-20(32)11-9-30(10-11)21-27-8-14(17(23)31)19(29-21)28-15-5-3-4-13(16(15)33-2)18-25-6-12(22)7-26-18/h3-8,11H,9-10H2,1-2H3,(H2,23,31)(H,24,32)(H,27,28,29). The number of halogens is 1. The number of anilines is 3. The normalized spacial score (nSPS) is 13.2. The number of aromatic nitrogens is 4.